The Hall–Kier alpha value is -1.46. The molecule has 0 saturated carbocycles. The highest BCUT2D eigenvalue weighted by Crippen LogP contribution is 2.18. The summed E-state index contributed by atoms with van der Waals surface area (Å²) >= 11 is 6.87. The molecule has 0 N–H and O–H groups in total. The SMILES string of the molecule is Brc1ccc(C2=NCON=C2c2ccc(Br)cc2)cc1. The Labute approximate surface area is 133 Å². The van der Waals surface area contributed by atoms with Crippen molar-refractivity contribution in [2.45, 2.75) is 0 Å². The van der Waals surface area contributed by atoms with Gasteiger partial charge in [0.05, 0.1) is 5.71 Å². The predicted molar refractivity (Wildman–Crippen MR) is 87.3 cm³/mol. The van der Waals surface area contributed by atoms with Gasteiger partial charge in [-0.1, -0.05) is 61.3 Å². The Morgan fingerprint density at radius 2 is 1.25 bits per heavy atom. The number of nitrogens with zero attached hydrogens (tertiary/aromatic N) is 2. The van der Waals surface area contributed by atoms with Gasteiger partial charge in [0.2, 0.25) is 6.73 Å². The van der Waals surface area contributed by atoms with Crippen LogP contribution in [0.2, 0.25) is 0 Å². The van der Waals surface area contributed by atoms with Crippen molar-refractivity contribution in [3.05, 3.63) is 68.6 Å². The second kappa shape index (κ2) is 5.89. The van der Waals surface area contributed by atoms with Gasteiger partial charge in [0.1, 0.15) is 5.71 Å². The van der Waals surface area contributed by atoms with E-state index < -0.39 is 0 Å². The summed E-state index contributed by atoms with van der Waals surface area (Å²) < 4.78 is 2.07. The molecule has 0 bridgehead atoms. The van der Waals surface area contributed by atoms with Gasteiger partial charge >= 0.3 is 0 Å². The fourth-order valence-corrected chi connectivity index (χ4v) is 2.47. The van der Waals surface area contributed by atoms with E-state index in [9.17, 15) is 0 Å². The molecule has 1 aliphatic heterocycles. The van der Waals surface area contributed by atoms with Crippen LogP contribution in [-0.2, 0) is 4.84 Å². The van der Waals surface area contributed by atoms with Crippen molar-refractivity contribution in [3.63, 3.8) is 0 Å². The first-order chi connectivity index (χ1) is 9.74. The largest absolute Gasteiger partial charge is 0.371 e. The number of hydrogen-bond donors (Lipinski definition) is 0. The summed E-state index contributed by atoms with van der Waals surface area (Å²) in [6.07, 6.45) is 0. The molecule has 5 heteroatoms. The summed E-state index contributed by atoms with van der Waals surface area (Å²) in [5.74, 6) is 0. The molecule has 1 aliphatic rings. The standard InChI is InChI=1S/C15H10Br2N2O/c16-12-5-1-10(2-6-12)14-15(19-20-9-18-14)11-3-7-13(17)8-4-11/h1-8H,9H2. The van der Waals surface area contributed by atoms with E-state index in [1.165, 1.54) is 0 Å². The van der Waals surface area contributed by atoms with Gasteiger partial charge in [0.25, 0.3) is 0 Å². The average molecular weight is 394 g/mol. The molecule has 0 radical (unpaired) electrons. The molecule has 0 unspecified atom stereocenters. The Balaban J connectivity index is 2.01. The molecule has 0 atom stereocenters. The van der Waals surface area contributed by atoms with E-state index in [0.717, 1.165) is 31.5 Å². The average Bonchev–Trinajstić information content (AvgIpc) is 2.49. The minimum absolute atomic E-state index is 0.255. The van der Waals surface area contributed by atoms with Crippen molar-refractivity contribution in [1.82, 2.24) is 0 Å². The lowest BCUT2D eigenvalue weighted by Gasteiger charge is -2.14. The van der Waals surface area contributed by atoms with Crippen molar-refractivity contribution in [2.24, 2.45) is 10.1 Å². The second-order valence-electron chi connectivity index (χ2n) is 4.22. The lowest BCUT2D eigenvalue weighted by atomic mass is 10.00. The fourth-order valence-electron chi connectivity index (χ4n) is 1.94. The highest BCUT2D eigenvalue weighted by Gasteiger charge is 2.17. The van der Waals surface area contributed by atoms with Gasteiger partial charge in [0.15, 0.2) is 0 Å². The summed E-state index contributed by atoms with van der Waals surface area (Å²) in [5.41, 5.74) is 3.62. The highest BCUT2D eigenvalue weighted by molar-refractivity contribution is 9.10. The van der Waals surface area contributed by atoms with Gasteiger partial charge in [-0.2, -0.15) is 0 Å². The molecular formula is C15H10Br2N2O. The van der Waals surface area contributed by atoms with E-state index in [0.29, 0.717) is 0 Å². The van der Waals surface area contributed by atoms with Gasteiger partial charge in [-0.15, -0.1) is 0 Å². The zero-order valence-corrected chi connectivity index (χ0v) is 13.6. The zero-order valence-electron chi connectivity index (χ0n) is 10.4. The number of aliphatic imine (C=N–C) groups is 1. The van der Waals surface area contributed by atoms with Crippen molar-refractivity contribution in [1.29, 1.82) is 0 Å². The normalized spacial score (nSPS) is 14.3. The molecule has 100 valence electrons. The second-order valence-corrected chi connectivity index (χ2v) is 6.05. The summed E-state index contributed by atoms with van der Waals surface area (Å²) in [5, 5.41) is 4.17. The topological polar surface area (TPSA) is 34.0 Å². The van der Waals surface area contributed by atoms with E-state index in [1.807, 2.05) is 48.5 Å². The molecule has 3 nitrogen and oxygen atoms in total. The van der Waals surface area contributed by atoms with Crippen molar-refractivity contribution < 1.29 is 4.84 Å². The number of hydrogen-bond acceptors (Lipinski definition) is 3. The summed E-state index contributed by atoms with van der Waals surface area (Å²) in [6, 6.07) is 16.0. The molecule has 0 aliphatic carbocycles. The number of oxime groups is 1. The number of halogens is 2. The number of rotatable bonds is 2. The van der Waals surface area contributed by atoms with Crippen LogP contribution in [0.1, 0.15) is 11.1 Å². The molecular weight excluding hydrogens is 384 g/mol. The summed E-state index contributed by atoms with van der Waals surface area (Å²) in [6.45, 7) is 0.255. The molecule has 2 aromatic rings. The van der Waals surface area contributed by atoms with Crippen LogP contribution < -0.4 is 0 Å². The Morgan fingerprint density at radius 1 is 0.750 bits per heavy atom. The van der Waals surface area contributed by atoms with Crippen LogP contribution in [0.4, 0.5) is 0 Å². The van der Waals surface area contributed by atoms with Crippen LogP contribution >= 0.6 is 31.9 Å². The maximum atomic E-state index is 5.12. The van der Waals surface area contributed by atoms with Gasteiger partial charge in [-0.3, -0.25) is 0 Å². The molecule has 0 amide bonds. The molecule has 20 heavy (non-hydrogen) atoms. The summed E-state index contributed by atoms with van der Waals surface area (Å²) in [7, 11) is 0. The zero-order chi connectivity index (χ0) is 13.9. The lowest BCUT2D eigenvalue weighted by molar-refractivity contribution is 0.150. The van der Waals surface area contributed by atoms with Crippen LogP contribution in [0.15, 0.2) is 67.6 Å². The molecule has 1 heterocycles. The predicted octanol–water partition coefficient (Wildman–Crippen LogP) is 4.39. The highest BCUT2D eigenvalue weighted by atomic mass is 79.9. The van der Waals surface area contributed by atoms with Crippen molar-refractivity contribution in [3.8, 4) is 0 Å². The van der Waals surface area contributed by atoms with Gasteiger partial charge < -0.3 is 4.84 Å². The van der Waals surface area contributed by atoms with E-state index in [2.05, 4.69) is 42.0 Å². The summed E-state index contributed by atoms with van der Waals surface area (Å²) in [4.78, 5) is 9.57. The lowest BCUT2D eigenvalue weighted by Crippen LogP contribution is -2.21. The Morgan fingerprint density at radius 3 is 1.80 bits per heavy atom. The minimum atomic E-state index is 0.255. The van der Waals surface area contributed by atoms with E-state index in [1.54, 1.807) is 0 Å². The van der Waals surface area contributed by atoms with E-state index in [4.69, 9.17) is 4.84 Å². The fraction of sp³-hybridized carbons (Fsp3) is 0.0667. The number of benzene rings is 2. The maximum absolute atomic E-state index is 5.12. The third kappa shape index (κ3) is 2.83. The molecule has 0 saturated heterocycles. The van der Waals surface area contributed by atoms with Crippen molar-refractivity contribution >= 4 is 43.3 Å². The third-order valence-electron chi connectivity index (χ3n) is 2.90. The van der Waals surface area contributed by atoms with Gasteiger partial charge in [-0.25, -0.2) is 4.99 Å². The van der Waals surface area contributed by atoms with E-state index in [-0.39, 0.29) is 6.73 Å². The maximum Gasteiger partial charge on any atom is 0.207 e. The van der Waals surface area contributed by atoms with Crippen LogP contribution in [0.5, 0.6) is 0 Å². The van der Waals surface area contributed by atoms with Crippen LogP contribution in [0.25, 0.3) is 0 Å². The van der Waals surface area contributed by atoms with Crippen LogP contribution in [0.3, 0.4) is 0 Å². The Bertz CT molecular complexity index is 615. The first-order valence-electron chi connectivity index (χ1n) is 6.01. The first-order valence-corrected chi connectivity index (χ1v) is 7.59. The molecule has 2 aromatic carbocycles. The molecule has 0 spiro atoms. The van der Waals surface area contributed by atoms with Gasteiger partial charge in [0, 0.05) is 20.1 Å². The molecule has 3 rings (SSSR count). The monoisotopic (exact) mass is 392 g/mol. The van der Waals surface area contributed by atoms with Crippen LogP contribution in [0, 0.1) is 0 Å². The first kappa shape index (κ1) is 13.5. The Kier molecular flexibility index (Phi) is 3.98. The van der Waals surface area contributed by atoms with Gasteiger partial charge in [-0.05, 0) is 24.3 Å². The van der Waals surface area contributed by atoms with Crippen LogP contribution in [-0.4, -0.2) is 18.2 Å². The van der Waals surface area contributed by atoms with E-state index >= 15 is 0 Å². The quantitative estimate of drug-likeness (QED) is 0.744. The third-order valence-corrected chi connectivity index (χ3v) is 3.95. The molecule has 0 aromatic heterocycles. The smallest absolute Gasteiger partial charge is 0.207 e. The molecule has 0 fully saturated rings. The van der Waals surface area contributed by atoms with Crippen molar-refractivity contribution in [2.75, 3.05) is 6.73 Å². The minimum Gasteiger partial charge on any atom is -0.371 e.